The lowest BCUT2D eigenvalue weighted by Gasteiger charge is -2.37. The number of allylic oxidation sites excluding steroid dienone is 3. The van der Waals surface area contributed by atoms with Gasteiger partial charge in [-0.3, -0.25) is 14.4 Å². The van der Waals surface area contributed by atoms with Gasteiger partial charge in [-0.2, -0.15) is 0 Å². The highest BCUT2D eigenvalue weighted by atomic mass is 16.6. The monoisotopic (exact) mass is 636 g/mol. The van der Waals surface area contributed by atoms with Gasteiger partial charge in [0.15, 0.2) is 0 Å². The number of methoxy groups -OCH3 is 1. The molecule has 0 fully saturated rings. The van der Waals surface area contributed by atoms with Crippen LogP contribution in [0, 0.1) is 5.92 Å². The molecular formula is C33H56N4O8. The number of hydrogen-bond donors (Lipinski definition) is 4. The second kappa shape index (κ2) is 21.3. The molecule has 4 N–H and O–H groups in total. The molecular weight excluding hydrogens is 580 g/mol. The van der Waals surface area contributed by atoms with Crippen molar-refractivity contribution < 1.29 is 38.2 Å². The first kappa shape index (κ1) is 41.5. The number of hydrogen-bond acceptors (Lipinski definition) is 8. The van der Waals surface area contributed by atoms with Crippen LogP contribution < -0.4 is 21.3 Å². The number of amides is 4. The molecule has 0 saturated carbocycles. The topological polar surface area (TPSA) is 161 Å². The Hall–Kier alpha value is -3.51. The predicted octanol–water partition coefficient (Wildman–Crippen LogP) is 3.51. The molecule has 0 saturated heterocycles. The van der Waals surface area contributed by atoms with Crippen LogP contribution in [-0.2, 0) is 33.4 Å². The summed E-state index contributed by atoms with van der Waals surface area (Å²) < 4.78 is 17.6. The number of rotatable bonds is 23. The van der Waals surface area contributed by atoms with Gasteiger partial charge in [-0.1, -0.05) is 72.9 Å². The molecule has 0 heterocycles. The van der Waals surface area contributed by atoms with Crippen molar-refractivity contribution in [3.8, 4) is 0 Å². The van der Waals surface area contributed by atoms with Gasteiger partial charge in [-0.15, -0.1) is 0 Å². The third kappa shape index (κ3) is 14.4. The van der Waals surface area contributed by atoms with E-state index in [0.717, 1.165) is 12.8 Å². The average Bonchev–Trinajstić information content (AvgIpc) is 3.03. The van der Waals surface area contributed by atoms with Crippen LogP contribution in [0.2, 0.25) is 0 Å². The van der Waals surface area contributed by atoms with Gasteiger partial charge in [0.2, 0.25) is 17.7 Å². The van der Waals surface area contributed by atoms with E-state index in [1.165, 1.54) is 19.1 Å². The summed E-state index contributed by atoms with van der Waals surface area (Å²) in [4.78, 5) is 62.2. The molecule has 0 aliphatic heterocycles. The van der Waals surface area contributed by atoms with Crippen molar-refractivity contribution in [3.63, 3.8) is 0 Å². The third-order valence-electron chi connectivity index (χ3n) is 8.13. The molecule has 3 atom stereocenters. The number of alkyl carbamates (subject to hydrolysis) is 1. The van der Waals surface area contributed by atoms with E-state index in [2.05, 4.69) is 34.4 Å². The molecule has 1 unspecified atom stereocenters. The van der Waals surface area contributed by atoms with Crippen molar-refractivity contribution in [2.75, 3.05) is 26.9 Å². The highest BCUT2D eigenvalue weighted by Crippen LogP contribution is 2.27. The summed E-state index contributed by atoms with van der Waals surface area (Å²) in [6, 6.07) is -2.76. The molecule has 45 heavy (non-hydrogen) atoms. The quantitative estimate of drug-likeness (QED) is 0.0979. The van der Waals surface area contributed by atoms with Crippen LogP contribution in [0.1, 0.15) is 80.6 Å². The van der Waals surface area contributed by atoms with Gasteiger partial charge in [0.1, 0.15) is 30.6 Å². The maximum absolute atomic E-state index is 13.1. The van der Waals surface area contributed by atoms with Crippen molar-refractivity contribution in [2.45, 2.75) is 110 Å². The second-order valence-electron chi connectivity index (χ2n) is 11.4. The summed E-state index contributed by atoms with van der Waals surface area (Å²) in [6.07, 6.45) is 7.23. The van der Waals surface area contributed by atoms with Crippen LogP contribution in [0.3, 0.4) is 0 Å². The number of nitrogens with one attached hydrogen (secondary N) is 4. The lowest BCUT2D eigenvalue weighted by molar-refractivity contribution is -0.153. The Labute approximate surface area is 269 Å². The lowest BCUT2D eigenvalue weighted by atomic mass is 9.95. The maximum atomic E-state index is 13.1. The molecule has 4 amide bonds. The Balaban J connectivity index is 5.48. The maximum Gasteiger partial charge on any atom is 0.407 e. The zero-order valence-corrected chi connectivity index (χ0v) is 28.5. The first-order valence-electron chi connectivity index (χ1n) is 15.6. The summed E-state index contributed by atoms with van der Waals surface area (Å²) in [6.45, 7) is 20.2. The minimum Gasteiger partial charge on any atom is -0.446 e. The van der Waals surface area contributed by atoms with E-state index in [1.54, 1.807) is 27.0 Å². The molecule has 0 aromatic rings. The van der Waals surface area contributed by atoms with Crippen LogP contribution in [-0.4, -0.2) is 86.3 Å². The first-order valence-corrected chi connectivity index (χ1v) is 15.6. The minimum absolute atomic E-state index is 0.0473. The van der Waals surface area contributed by atoms with Crippen molar-refractivity contribution in [1.29, 1.82) is 0 Å². The molecule has 0 aliphatic rings. The smallest absolute Gasteiger partial charge is 0.407 e. The normalized spacial score (nSPS) is 14.0. The molecule has 256 valence electrons. The lowest BCUT2D eigenvalue weighted by Crippen LogP contribution is -2.53. The Kier molecular flexibility index (Phi) is 19.6. The summed E-state index contributed by atoms with van der Waals surface area (Å²) in [7, 11) is 1.66. The predicted molar refractivity (Wildman–Crippen MR) is 174 cm³/mol. The molecule has 0 aromatic heterocycles. The van der Waals surface area contributed by atoms with E-state index in [-0.39, 0.29) is 18.9 Å². The van der Waals surface area contributed by atoms with Gasteiger partial charge in [0, 0.05) is 13.5 Å². The number of carbonyl (C=O) groups is 5. The highest BCUT2D eigenvalue weighted by Gasteiger charge is 2.35. The molecule has 0 aromatic carbocycles. The van der Waals surface area contributed by atoms with Gasteiger partial charge < -0.3 is 40.3 Å². The molecule has 12 nitrogen and oxygen atoms in total. The zero-order chi connectivity index (χ0) is 34.6. The second-order valence-corrected chi connectivity index (χ2v) is 11.4. The largest absolute Gasteiger partial charge is 0.446 e. The standard InChI is InChI=1S/C33H56N4O8/c1-11-17-25(12-2)18-26(30(41)34-19-28(39)35-24(9)29(40)36-27(20-38)23(7)8)37-31(42)44-21-33(15-5,16-6)45-22-32(13-3,14-4)43-10/h11-12,17,20,23-24,26-27H,1-2,13-16,18-19,21-22H2,3-10H3,(H,34,41)(H,35,39)(H,36,40)(H,37,42)/b25-17+/t24-,26-,27?/m0/s1. The van der Waals surface area contributed by atoms with Crippen molar-refractivity contribution in [3.05, 3.63) is 37.0 Å². The van der Waals surface area contributed by atoms with Gasteiger partial charge in [0.05, 0.1) is 24.8 Å². The Morgan fingerprint density at radius 1 is 0.844 bits per heavy atom. The number of carbonyl (C=O) groups excluding carboxylic acids is 5. The van der Waals surface area contributed by atoms with Crippen LogP contribution in [0.15, 0.2) is 37.0 Å². The van der Waals surface area contributed by atoms with E-state index in [9.17, 15) is 24.0 Å². The van der Waals surface area contributed by atoms with Crippen LogP contribution in [0.25, 0.3) is 0 Å². The van der Waals surface area contributed by atoms with Crippen LogP contribution in [0.4, 0.5) is 4.79 Å². The van der Waals surface area contributed by atoms with Gasteiger partial charge in [0.25, 0.3) is 0 Å². The number of aldehydes is 1. The zero-order valence-electron chi connectivity index (χ0n) is 28.5. The molecule has 0 bridgehead atoms. The fraction of sp³-hybridized carbons (Fsp3) is 0.667. The van der Waals surface area contributed by atoms with Gasteiger partial charge >= 0.3 is 6.09 Å². The summed E-state index contributed by atoms with van der Waals surface area (Å²) in [5.41, 5.74) is -0.579. The van der Waals surface area contributed by atoms with E-state index in [1.807, 2.05) is 27.7 Å². The first-order chi connectivity index (χ1) is 21.2. The SMILES string of the molecule is C=C/C=C(\C=C)C[C@H](NC(=O)OCC(CC)(CC)OCC(CC)(CC)OC)C(=O)NCC(=O)N[C@@H](C)C(=O)NC(C=O)C(C)C. The van der Waals surface area contributed by atoms with Crippen molar-refractivity contribution in [2.24, 2.45) is 5.92 Å². The Morgan fingerprint density at radius 3 is 1.91 bits per heavy atom. The molecule has 0 spiro atoms. The molecule has 0 radical (unpaired) electrons. The third-order valence-corrected chi connectivity index (χ3v) is 8.13. The fourth-order valence-electron chi connectivity index (χ4n) is 4.28. The van der Waals surface area contributed by atoms with Crippen molar-refractivity contribution >= 4 is 30.1 Å². The van der Waals surface area contributed by atoms with Crippen LogP contribution in [0.5, 0.6) is 0 Å². The highest BCUT2D eigenvalue weighted by molar-refractivity contribution is 5.92. The van der Waals surface area contributed by atoms with E-state index in [4.69, 9.17) is 14.2 Å². The molecule has 0 aliphatic carbocycles. The summed E-state index contributed by atoms with van der Waals surface area (Å²) in [5, 5.41) is 10.1. The minimum atomic E-state index is -1.12. The van der Waals surface area contributed by atoms with Crippen molar-refractivity contribution in [1.82, 2.24) is 21.3 Å². The van der Waals surface area contributed by atoms with Gasteiger partial charge in [-0.05, 0) is 44.1 Å². The average molecular weight is 637 g/mol. The Bertz CT molecular complexity index is 1010. The fourth-order valence-corrected chi connectivity index (χ4v) is 4.28. The summed E-state index contributed by atoms with van der Waals surface area (Å²) in [5.74, 6) is -1.94. The van der Waals surface area contributed by atoms with E-state index >= 15 is 0 Å². The Morgan fingerprint density at radius 2 is 1.44 bits per heavy atom. The van der Waals surface area contributed by atoms with E-state index in [0.29, 0.717) is 31.3 Å². The molecule has 12 heteroatoms. The van der Waals surface area contributed by atoms with Gasteiger partial charge in [-0.25, -0.2) is 4.79 Å². The molecule has 0 rings (SSSR count). The van der Waals surface area contributed by atoms with E-state index < -0.39 is 59.7 Å². The summed E-state index contributed by atoms with van der Waals surface area (Å²) >= 11 is 0. The van der Waals surface area contributed by atoms with Crippen LogP contribution >= 0.6 is 0 Å². The number of ether oxygens (including phenoxy) is 3.